The van der Waals surface area contributed by atoms with Crippen LogP contribution in [-0.2, 0) is 13.1 Å². The second kappa shape index (κ2) is 9.04. The minimum Gasteiger partial charge on any atom is -0.348 e. The highest BCUT2D eigenvalue weighted by Gasteiger charge is 2.16. The quantitative estimate of drug-likeness (QED) is 0.750. The number of benzene rings is 1. The van der Waals surface area contributed by atoms with Gasteiger partial charge in [-0.3, -0.25) is 4.79 Å². The van der Waals surface area contributed by atoms with Crippen LogP contribution < -0.4 is 10.2 Å². The molecule has 4 nitrogen and oxygen atoms in total. The van der Waals surface area contributed by atoms with Crippen molar-refractivity contribution in [1.29, 1.82) is 0 Å². The molecule has 0 saturated heterocycles. The Morgan fingerprint density at radius 2 is 1.65 bits per heavy atom. The van der Waals surface area contributed by atoms with Gasteiger partial charge in [-0.15, -0.1) is 0 Å². The minimum atomic E-state index is 0.00154. The van der Waals surface area contributed by atoms with Crippen LogP contribution in [0.4, 0.5) is 0 Å². The van der Waals surface area contributed by atoms with Crippen LogP contribution in [0.2, 0.25) is 0 Å². The van der Waals surface area contributed by atoms with Gasteiger partial charge in [0, 0.05) is 29.5 Å². The fourth-order valence-electron chi connectivity index (χ4n) is 3.64. The number of amides is 1. The third-order valence-corrected chi connectivity index (χ3v) is 5.18. The number of carbonyl (C=O) groups is 1. The lowest BCUT2D eigenvalue weighted by Gasteiger charge is -2.15. The molecule has 2 rings (SSSR count). The molecule has 0 aliphatic carbocycles. The number of quaternary nitrogens is 1. The van der Waals surface area contributed by atoms with E-state index in [-0.39, 0.29) is 5.91 Å². The summed E-state index contributed by atoms with van der Waals surface area (Å²) in [5.41, 5.74) is 5.42. The first-order valence-electron chi connectivity index (χ1n) is 9.75. The zero-order valence-corrected chi connectivity index (χ0v) is 17.1. The van der Waals surface area contributed by atoms with Gasteiger partial charge in [0.2, 0.25) is 0 Å². The molecule has 1 heterocycles. The maximum absolute atomic E-state index is 12.6. The Kier molecular flexibility index (Phi) is 7.04. The van der Waals surface area contributed by atoms with Gasteiger partial charge in [-0.05, 0) is 53.2 Å². The highest BCUT2D eigenvalue weighted by molar-refractivity contribution is 5.95. The number of aryl methyl sites for hydroxylation is 1. The summed E-state index contributed by atoms with van der Waals surface area (Å²) in [6.07, 6.45) is 0. The van der Waals surface area contributed by atoms with E-state index in [1.807, 2.05) is 13.0 Å². The highest BCUT2D eigenvalue weighted by atomic mass is 16.1. The Hall–Kier alpha value is -2.07. The summed E-state index contributed by atoms with van der Waals surface area (Å²) in [6, 6.07) is 10.9. The van der Waals surface area contributed by atoms with Crippen molar-refractivity contribution in [3.63, 3.8) is 0 Å². The topological polar surface area (TPSA) is 38.5 Å². The van der Waals surface area contributed by atoms with Crippen LogP contribution in [0.5, 0.6) is 0 Å². The molecule has 0 unspecified atom stereocenters. The zero-order valence-electron chi connectivity index (χ0n) is 17.1. The fourth-order valence-corrected chi connectivity index (χ4v) is 3.64. The van der Waals surface area contributed by atoms with Crippen LogP contribution >= 0.6 is 0 Å². The first-order chi connectivity index (χ1) is 12.4. The molecule has 4 heteroatoms. The number of aromatic nitrogens is 1. The van der Waals surface area contributed by atoms with Crippen LogP contribution in [0, 0.1) is 13.8 Å². The Bertz CT molecular complexity index is 725. The number of rotatable bonds is 8. The second-order valence-corrected chi connectivity index (χ2v) is 7.38. The van der Waals surface area contributed by atoms with Crippen molar-refractivity contribution in [2.75, 3.05) is 13.1 Å². The molecule has 0 aliphatic heterocycles. The van der Waals surface area contributed by atoms with Gasteiger partial charge in [0.15, 0.2) is 0 Å². The molecule has 0 fully saturated rings. The van der Waals surface area contributed by atoms with E-state index in [1.165, 1.54) is 5.56 Å². The van der Waals surface area contributed by atoms with Gasteiger partial charge < -0.3 is 14.8 Å². The van der Waals surface area contributed by atoms with E-state index >= 15 is 0 Å². The lowest BCUT2D eigenvalue weighted by Crippen LogP contribution is -3.10. The Labute approximate surface area is 158 Å². The summed E-state index contributed by atoms with van der Waals surface area (Å²) in [6.45, 7) is 16.7. The van der Waals surface area contributed by atoms with Gasteiger partial charge in [0.25, 0.3) is 5.91 Å². The molecule has 0 bridgehead atoms. The number of nitrogens with zero attached hydrogens (tertiary/aromatic N) is 1. The predicted octanol–water partition coefficient (Wildman–Crippen LogP) is 3.04. The Morgan fingerprint density at radius 1 is 1.08 bits per heavy atom. The fraction of sp³-hybridized carbons (Fsp3) is 0.500. The molecule has 2 aromatic rings. The van der Waals surface area contributed by atoms with Crippen LogP contribution in [0.25, 0.3) is 0 Å². The third-order valence-electron chi connectivity index (χ3n) is 5.18. The van der Waals surface area contributed by atoms with E-state index in [9.17, 15) is 4.79 Å². The first-order valence-corrected chi connectivity index (χ1v) is 9.75. The van der Waals surface area contributed by atoms with Crippen LogP contribution in [-0.4, -0.2) is 23.6 Å². The van der Waals surface area contributed by atoms with E-state index in [2.05, 4.69) is 68.8 Å². The van der Waals surface area contributed by atoms with Crippen molar-refractivity contribution >= 4 is 5.91 Å². The molecule has 26 heavy (non-hydrogen) atoms. The predicted molar refractivity (Wildman–Crippen MR) is 108 cm³/mol. The summed E-state index contributed by atoms with van der Waals surface area (Å²) < 4.78 is 2.21. The summed E-state index contributed by atoms with van der Waals surface area (Å²) in [4.78, 5) is 14.2. The highest BCUT2D eigenvalue weighted by Crippen LogP contribution is 2.20. The largest absolute Gasteiger partial charge is 0.348 e. The molecule has 0 atom stereocenters. The van der Waals surface area contributed by atoms with E-state index < -0.39 is 0 Å². The van der Waals surface area contributed by atoms with Gasteiger partial charge in [-0.25, -0.2) is 0 Å². The molecule has 142 valence electrons. The average molecular weight is 357 g/mol. The van der Waals surface area contributed by atoms with Crippen molar-refractivity contribution in [1.82, 2.24) is 9.88 Å². The van der Waals surface area contributed by atoms with Gasteiger partial charge in [-0.2, -0.15) is 0 Å². The van der Waals surface area contributed by atoms with E-state index in [4.69, 9.17) is 0 Å². The molecule has 1 aromatic heterocycles. The standard InChI is InChI=1S/C22H33N3O/c1-7-24(8-2)15-20-11-9-19(10-12-20)14-23-22(26)21-13-17(5)25(16(3)4)18(21)6/h9-13,16H,7-8,14-15H2,1-6H3,(H,23,26)/p+1. The molecule has 0 spiro atoms. The summed E-state index contributed by atoms with van der Waals surface area (Å²) in [7, 11) is 0. The molecule has 1 aromatic carbocycles. The van der Waals surface area contributed by atoms with Crippen molar-refractivity contribution in [2.24, 2.45) is 0 Å². The molecular weight excluding hydrogens is 322 g/mol. The first kappa shape index (κ1) is 20.2. The van der Waals surface area contributed by atoms with Crippen molar-refractivity contribution in [3.05, 3.63) is 58.4 Å². The van der Waals surface area contributed by atoms with Crippen LogP contribution in [0.1, 0.15) is 66.6 Å². The van der Waals surface area contributed by atoms with Crippen molar-refractivity contribution < 1.29 is 9.69 Å². The smallest absolute Gasteiger partial charge is 0.253 e. The molecular formula is C22H34N3O+. The number of hydrogen-bond donors (Lipinski definition) is 2. The number of carbonyl (C=O) groups excluding carboxylic acids is 1. The van der Waals surface area contributed by atoms with Crippen molar-refractivity contribution in [2.45, 2.75) is 60.7 Å². The van der Waals surface area contributed by atoms with Crippen LogP contribution in [0.15, 0.2) is 30.3 Å². The lowest BCUT2D eigenvalue weighted by atomic mass is 10.1. The molecule has 1 amide bonds. The average Bonchev–Trinajstić information content (AvgIpc) is 2.93. The van der Waals surface area contributed by atoms with E-state index in [1.54, 1.807) is 4.90 Å². The Balaban J connectivity index is 1.98. The zero-order chi connectivity index (χ0) is 19.3. The molecule has 0 saturated carbocycles. The second-order valence-electron chi connectivity index (χ2n) is 7.38. The van der Waals surface area contributed by atoms with Crippen LogP contribution in [0.3, 0.4) is 0 Å². The maximum Gasteiger partial charge on any atom is 0.253 e. The normalized spacial score (nSPS) is 11.4. The number of nitrogens with one attached hydrogen (secondary N) is 2. The Morgan fingerprint density at radius 3 is 2.15 bits per heavy atom. The lowest BCUT2D eigenvalue weighted by molar-refractivity contribution is -0.910. The summed E-state index contributed by atoms with van der Waals surface area (Å²) in [5, 5.41) is 3.06. The van der Waals surface area contributed by atoms with E-state index in [0.717, 1.165) is 42.1 Å². The van der Waals surface area contributed by atoms with Crippen molar-refractivity contribution in [3.8, 4) is 0 Å². The molecule has 0 radical (unpaired) electrons. The van der Waals surface area contributed by atoms with Gasteiger partial charge in [0.05, 0.1) is 18.7 Å². The third kappa shape index (κ3) is 4.76. The van der Waals surface area contributed by atoms with Gasteiger partial charge >= 0.3 is 0 Å². The SMILES string of the molecule is CC[NH+](CC)Cc1ccc(CNC(=O)c2cc(C)n(C(C)C)c2C)cc1. The van der Waals surface area contributed by atoms with Gasteiger partial charge in [-0.1, -0.05) is 24.3 Å². The summed E-state index contributed by atoms with van der Waals surface area (Å²) in [5.74, 6) is 0.00154. The van der Waals surface area contributed by atoms with Gasteiger partial charge in [0.1, 0.15) is 6.54 Å². The number of hydrogen-bond acceptors (Lipinski definition) is 1. The molecule has 0 aliphatic rings. The maximum atomic E-state index is 12.6. The van der Waals surface area contributed by atoms with E-state index in [0.29, 0.717) is 12.6 Å². The summed E-state index contributed by atoms with van der Waals surface area (Å²) >= 11 is 0. The monoisotopic (exact) mass is 356 g/mol. The minimum absolute atomic E-state index is 0.00154. The molecule has 2 N–H and O–H groups in total.